The van der Waals surface area contributed by atoms with Crippen LogP contribution in [-0.2, 0) is 14.6 Å². The molecule has 1 saturated heterocycles. The summed E-state index contributed by atoms with van der Waals surface area (Å²) in [5, 5.41) is 0. The maximum atomic E-state index is 12.0. The Hall–Kier alpha value is -1.43. The SMILES string of the molecule is CCC(=O)N(c1cccnc1)C1CCS(=O)(=O)C1. The molecule has 1 amide bonds. The zero-order valence-electron chi connectivity index (χ0n) is 10.2. The van der Waals surface area contributed by atoms with Gasteiger partial charge in [0.15, 0.2) is 9.84 Å². The van der Waals surface area contributed by atoms with Crippen molar-refractivity contribution in [1.29, 1.82) is 0 Å². The summed E-state index contributed by atoms with van der Waals surface area (Å²) in [5.74, 6) is 0.143. The normalized spacial score (nSPS) is 21.7. The Morgan fingerprint density at radius 2 is 2.33 bits per heavy atom. The van der Waals surface area contributed by atoms with Gasteiger partial charge in [-0.3, -0.25) is 9.78 Å². The van der Waals surface area contributed by atoms with Crippen LogP contribution in [0.5, 0.6) is 0 Å². The molecule has 1 unspecified atom stereocenters. The number of hydrogen-bond donors (Lipinski definition) is 0. The average Bonchev–Trinajstić information content (AvgIpc) is 2.71. The average molecular weight is 268 g/mol. The first-order valence-corrected chi connectivity index (χ1v) is 7.78. The Balaban J connectivity index is 2.30. The molecule has 1 atom stereocenters. The topological polar surface area (TPSA) is 67.3 Å². The lowest BCUT2D eigenvalue weighted by atomic mass is 10.2. The van der Waals surface area contributed by atoms with E-state index in [0.29, 0.717) is 18.5 Å². The summed E-state index contributed by atoms with van der Waals surface area (Å²) < 4.78 is 23.1. The lowest BCUT2D eigenvalue weighted by Crippen LogP contribution is -2.41. The van der Waals surface area contributed by atoms with Gasteiger partial charge >= 0.3 is 0 Å². The maximum Gasteiger partial charge on any atom is 0.227 e. The Morgan fingerprint density at radius 1 is 1.56 bits per heavy atom. The number of nitrogens with zero attached hydrogens (tertiary/aromatic N) is 2. The van der Waals surface area contributed by atoms with Gasteiger partial charge in [-0.15, -0.1) is 0 Å². The van der Waals surface area contributed by atoms with Crippen molar-refractivity contribution in [3.8, 4) is 0 Å². The van der Waals surface area contributed by atoms with Crippen LogP contribution in [0.15, 0.2) is 24.5 Å². The monoisotopic (exact) mass is 268 g/mol. The summed E-state index contributed by atoms with van der Waals surface area (Å²) in [6.07, 6.45) is 4.08. The van der Waals surface area contributed by atoms with Crippen molar-refractivity contribution in [2.45, 2.75) is 25.8 Å². The van der Waals surface area contributed by atoms with Crippen molar-refractivity contribution in [3.63, 3.8) is 0 Å². The van der Waals surface area contributed by atoms with Gasteiger partial charge < -0.3 is 4.90 Å². The number of amides is 1. The molecule has 2 rings (SSSR count). The van der Waals surface area contributed by atoms with E-state index in [-0.39, 0.29) is 23.5 Å². The highest BCUT2D eigenvalue weighted by Crippen LogP contribution is 2.24. The molecule has 1 aromatic heterocycles. The molecule has 0 saturated carbocycles. The number of carbonyl (C=O) groups excluding carboxylic acids is 1. The third kappa shape index (κ3) is 2.69. The molecule has 98 valence electrons. The Kier molecular flexibility index (Phi) is 3.65. The Bertz CT molecular complexity index is 528. The van der Waals surface area contributed by atoms with Crippen LogP contribution in [-0.4, -0.2) is 36.9 Å². The van der Waals surface area contributed by atoms with Gasteiger partial charge in [0.05, 0.1) is 29.4 Å². The number of rotatable bonds is 3. The van der Waals surface area contributed by atoms with Crippen molar-refractivity contribution in [1.82, 2.24) is 4.98 Å². The Morgan fingerprint density at radius 3 is 2.83 bits per heavy atom. The lowest BCUT2D eigenvalue weighted by molar-refractivity contribution is -0.118. The van der Waals surface area contributed by atoms with Crippen LogP contribution in [0.2, 0.25) is 0 Å². The first kappa shape index (κ1) is 13.0. The highest BCUT2D eigenvalue weighted by atomic mass is 32.2. The van der Waals surface area contributed by atoms with E-state index in [2.05, 4.69) is 4.98 Å². The second-order valence-electron chi connectivity index (χ2n) is 4.39. The quantitative estimate of drug-likeness (QED) is 0.820. The summed E-state index contributed by atoms with van der Waals surface area (Å²) >= 11 is 0. The van der Waals surface area contributed by atoms with Crippen LogP contribution >= 0.6 is 0 Å². The number of carbonyl (C=O) groups is 1. The molecular weight excluding hydrogens is 252 g/mol. The molecule has 5 nitrogen and oxygen atoms in total. The molecule has 1 aromatic rings. The first-order chi connectivity index (χ1) is 8.53. The fourth-order valence-electron chi connectivity index (χ4n) is 2.20. The number of hydrogen-bond acceptors (Lipinski definition) is 4. The van der Waals surface area contributed by atoms with Gasteiger partial charge in [-0.25, -0.2) is 8.42 Å². The first-order valence-electron chi connectivity index (χ1n) is 5.96. The maximum absolute atomic E-state index is 12.0. The fraction of sp³-hybridized carbons (Fsp3) is 0.500. The molecule has 0 N–H and O–H groups in total. The third-order valence-electron chi connectivity index (χ3n) is 3.07. The van der Waals surface area contributed by atoms with Crippen molar-refractivity contribution >= 4 is 21.4 Å². The second kappa shape index (κ2) is 5.06. The summed E-state index contributed by atoms with van der Waals surface area (Å²) in [6.45, 7) is 1.77. The van der Waals surface area contributed by atoms with E-state index in [0.717, 1.165) is 0 Å². The number of sulfone groups is 1. The van der Waals surface area contributed by atoms with Crippen molar-refractivity contribution in [2.24, 2.45) is 0 Å². The van der Waals surface area contributed by atoms with Crippen LogP contribution in [0.3, 0.4) is 0 Å². The van der Waals surface area contributed by atoms with Crippen LogP contribution < -0.4 is 4.90 Å². The highest BCUT2D eigenvalue weighted by molar-refractivity contribution is 7.91. The summed E-state index contributed by atoms with van der Waals surface area (Å²) in [6, 6.07) is 3.27. The molecule has 1 fully saturated rings. The molecule has 0 bridgehead atoms. The van der Waals surface area contributed by atoms with E-state index in [4.69, 9.17) is 0 Å². The van der Waals surface area contributed by atoms with Gasteiger partial charge in [-0.2, -0.15) is 0 Å². The van der Waals surface area contributed by atoms with Crippen LogP contribution in [0.25, 0.3) is 0 Å². The summed E-state index contributed by atoms with van der Waals surface area (Å²) in [7, 11) is -3.00. The zero-order valence-corrected chi connectivity index (χ0v) is 11.1. The molecule has 0 spiro atoms. The smallest absolute Gasteiger partial charge is 0.227 e. The largest absolute Gasteiger partial charge is 0.307 e. The molecule has 0 aromatic carbocycles. The van der Waals surface area contributed by atoms with E-state index in [9.17, 15) is 13.2 Å². The van der Waals surface area contributed by atoms with Crippen molar-refractivity contribution in [2.75, 3.05) is 16.4 Å². The highest BCUT2D eigenvalue weighted by Gasteiger charge is 2.34. The molecule has 2 heterocycles. The fourth-order valence-corrected chi connectivity index (χ4v) is 3.90. The van der Waals surface area contributed by atoms with Crippen molar-refractivity contribution in [3.05, 3.63) is 24.5 Å². The van der Waals surface area contributed by atoms with Gasteiger partial charge in [0.1, 0.15) is 0 Å². The Labute approximate surface area is 107 Å². The molecule has 0 radical (unpaired) electrons. The van der Waals surface area contributed by atoms with E-state index in [1.54, 1.807) is 36.4 Å². The second-order valence-corrected chi connectivity index (χ2v) is 6.61. The predicted octanol–water partition coefficient (Wildman–Crippen LogP) is 1.01. The third-order valence-corrected chi connectivity index (χ3v) is 4.82. The minimum atomic E-state index is -3.00. The lowest BCUT2D eigenvalue weighted by Gasteiger charge is -2.27. The van der Waals surface area contributed by atoms with E-state index < -0.39 is 9.84 Å². The van der Waals surface area contributed by atoms with E-state index in [1.807, 2.05) is 0 Å². The number of pyridine rings is 1. The standard InChI is InChI=1S/C12H16N2O3S/c1-2-12(15)14(10-4-3-6-13-8-10)11-5-7-18(16,17)9-11/h3-4,6,8,11H,2,5,7,9H2,1H3. The number of anilines is 1. The van der Waals surface area contributed by atoms with Gasteiger partial charge in [0, 0.05) is 12.6 Å². The van der Waals surface area contributed by atoms with Gasteiger partial charge in [0.25, 0.3) is 0 Å². The van der Waals surface area contributed by atoms with Crippen LogP contribution in [0.1, 0.15) is 19.8 Å². The molecule has 18 heavy (non-hydrogen) atoms. The van der Waals surface area contributed by atoms with Gasteiger partial charge in [0.2, 0.25) is 5.91 Å². The van der Waals surface area contributed by atoms with Gasteiger partial charge in [-0.1, -0.05) is 6.92 Å². The predicted molar refractivity (Wildman–Crippen MR) is 69.1 cm³/mol. The molecule has 1 aliphatic heterocycles. The van der Waals surface area contributed by atoms with Crippen molar-refractivity contribution < 1.29 is 13.2 Å². The minimum Gasteiger partial charge on any atom is -0.307 e. The molecular formula is C12H16N2O3S. The molecule has 0 aliphatic carbocycles. The van der Waals surface area contributed by atoms with Crippen LogP contribution in [0.4, 0.5) is 5.69 Å². The van der Waals surface area contributed by atoms with Gasteiger partial charge in [-0.05, 0) is 18.6 Å². The van der Waals surface area contributed by atoms with E-state index >= 15 is 0 Å². The van der Waals surface area contributed by atoms with E-state index in [1.165, 1.54) is 0 Å². The molecule has 1 aliphatic rings. The summed E-state index contributed by atoms with van der Waals surface area (Å²) in [5.41, 5.74) is 0.673. The molecule has 6 heteroatoms. The van der Waals surface area contributed by atoms with Crippen LogP contribution in [0, 0.1) is 0 Å². The summed E-state index contributed by atoms with van der Waals surface area (Å²) in [4.78, 5) is 17.6. The zero-order chi connectivity index (χ0) is 13.2. The minimum absolute atomic E-state index is 0.0492. The number of aromatic nitrogens is 1.